The van der Waals surface area contributed by atoms with Crippen LogP contribution in [0.4, 0.5) is 0 Å². The van der Waals surface area contributed by atoms with Crippen LogP contribution in [0.2, 0.25) is 0 Å². The van der Waals surface area contributed by atoms with Crippen LogP contribution < -0.4 is 0 Å². The van der Waals surface area contributed by atoms with Gasteiger partial charge in [-0.3, -0.25) is 0 Å². The average molecular weight is 238 g/mol. The minimum atomic E-state index is 1.09. The van der Waals surface area contributed by atoms with Crippen LogP contribution in [0.5, 0.6) is 0 Å². The zero-order valence-corrected chi connectivity index (χ0v) is 9.43. The number of halogens is 1. The van der Waals surface area contributed by atoms with Crippen LogP contribution in [0.25, 0.3) is 10.9 Å². The second-order valence-corrected chi connectivity index (χ2v) is 4.04. The normalized spacial score (nSPS) is 11.0. The molecule has 1 aromatic carbocycles. The number of nitrogens with zero attached hydrogens (tertiary/aromatic N) is 1. The molecule has 0 aliphatic carbocycles. The highest BCUT2D eigenvalue weighted by atomic mass is 79.9. The summed E-state index contributed by atoms with van der Waals surface area (Å²) in [7, 11) is 2.08. The molecule has 1 aromatic heterocycles. The fourth-order valence-electron chi connectivity index (χ4n) is 1.70. The minimum Gasteiger partial charge on any atom is -0.338 e. The van der Waals surface area contributed by atoms with Crippen molar-refractivity contribution in [2.24, 2.45) is 7.05 Å². The van der Waals surface area contributed by atoms with Crippen molar-refractivity contribution < 1.29 is 0 Å². The summed E-state index contributed by atoms with van der Waals surface area (Å²) < 4.78 is 3.30. The third-order valence-corrected chi connectivity index (χ3v) is 3.26. The van der Waals surface area contributed by atoms with E-state index < -0.39 is 0 Å². The van der Waals surface area contributed by atoms with Gasteiger partial charge in [0.05, 0.1) is 4.60 Å². The molecule has 0 saturated heterocycles. The Bertz CT molecular complexity index is 443. The summed E-state index contributed by atoms with van der Waals surface area (Å²) in [5.74, 6) is 0. The van der Waals surface area contributed by atoms with Crippen LogP contribution in [-0.4, -0.2) is 4.57 Å². The molecular weight excluding hydrogens is 226 g/mol. The van der Waals surface area contributed by atoms with Gasteiger partial charge in [0, 0.05) is 18.0 Å². The van der Waals surface area contributed by atoms with Crippen molar-refractivity contribution in [1.82, 2.24) is 4.57 Å². The molecule has 0 N–H and O–H groups in total. The first-order valence-corrected chi connectivity index (χ1v) is 5.26. The van der Waals surface area contributed by atoms with Gasteiger partial charge in [0.1, 0.15) is 0 Å². The number of hydrogen-bond acceptors (Lipinski definition) is 0. The highest BCUT2D eigenvalue weighted by Crippen LogP contribution is 2.25. The maximum absolute atomic E-state index is 3.53. The largest absolute Gasteiger partial charge is 0.338 e. The first-order valence-electron chi connectivity index (χ1n) is 4.47. The van der Waals surface area contributed by atoms with Gasteiger partial charge in [-0.2, -0.15) is 0 Å². The number of aromatic nitrogens is 1. The van der Waals surface area contributed by atoms with E-state index in [1.54, 1.807) is 0 Å². The zero-order chi connectivity index (χ0) is 9.42. The second-order valence-electron chi connectivity index (χ2n) is 3.23. The van der Waals surface area contributed by atoms with Crippen molar-refractivity contribution in [3.63, 3.8) is 0 Å². The van der Waals surface area contributed by atoms with Crippen LogP contribution in [0.15, 0.2) is 28.9 Å². The standard InChI is InChI=1S/C11H12BrN/c1-3-8-5-4-6-10-9(8)7-11(12)13(10)2/h4-7H,3H2,1-2H3. The first kappa shape index (κ1) is 8.82. The highest BCUT2D eigenvalue weighted by Gasteiger charge is 2.05. The summed E-state index contributed by atoms with van der Waals surface area (Å²) in [5.41, 5.74) is 2.71. The molecule has 2 heteroatoms. The van der Waals surface area contributed by atoms with Crippen molar-refractivity contribution in [1.29, 1.82) is 0 Å². The summed E-state index contributed by atoms with van der Waals surface area (Å²) >= 11 is 3.53. The van der Waals surface area contributed by atoms with Gasteiger partial charge < -0.3 is 4.57 Å². The van der Waals surface area contributed by atoms with E-state index in [4.69, 9.17) is 0 Å². The lowest BCUT2D eigenvalue weighted by molar-refractivity contribution is 0.940. The molecule has 0 saturated carbocycles. The minimum absolute atomic E-state index is 1.09. The van der Waals surface area contributed by atoms with Gasteiger partial charge in [-0.25, -0.2) is 0 Å². The van der Waals surface area contributed by atoms with Crippen LogP contribution in [0.1, 0.15) is 12.5 Å². The molecule has 0 atom stereocenters. The van der Waals surface area contributed by atoms with Crippen molar-refractivity contribution in [3.8, 4) is 0 Å². The Balaban J connectivity index is 2.84. The summed E-state index contributed by atoms with van der Waals surface area (Å²) in [6.07, 6.45) is 1.09. The Labute approximate surface area is 86.5 Å². The van der Waals surface area contributed by atoms with Crippen LogP contribution in [0.3, 0.4) is 0 Å². The predicted octanol–water partition coefficient (Wildman–Crippen LogP) is 3.50. The third kappa shape index (κ3) is 1.29. The molecule has 0 aliphatic heterocycles. The van der Waals surface area contributed by atoms with Crippen LogP contribution in [-0.2, 0) is 13.5 Å². The fourth-order valence-corrected chi connectivity index (χ4v) is 2.12. The van der Waals surface area contributed by atoms with E-state index in [9.17, 15) is 0 Å². The first-order chi connectivity index (χ1) is 6.24. The van der Waals surface area contributed by atoms with Crippen molar-refractivity contribution in [3.05, 3.63) is 34.4 Å². The third-order valence-electron chi connectivity index (χ3n) is 2.50. The molecule has 0 spiro atoms. The van der Waals surface area contributed by atoms with Gasteiger partial charge in [0.15, 0.2) is 0 Å². The Morgan fingerprint density at radius 3 is 2.85 bits per heavy atom. The van der Waals surface area contributed by atoms with E-state index in [1.807, 2.05) is 0 Å². The Hall–Kier alpha value is -0.760. The van der Waals surface area contributed by atoms with E-state index in [2.05, 4.69) is 58.7 Å². The predicted molar refractivity (Wildman–Crippen MR) is 60.0 cm³/mol. The Morgan fingerprint density at radius 2 is 2.15 bits per heavy atom. The monoisotopic (exact) mass is 237 g/mol. The van der Waals surface area contributed by atoms with E-state index in [0.29, 0.717) is 0 Å². The lowest BCUT2D eigenvalue weighted by atomic mass is 10.1. The van der Waals surface area contributed by atoms with Gasteiger partial charge in [-0.1, -0.05) is 19.1 Å². The molecule has 0 unspecified atom stereocenters. The average Bonchev–Trinajstić information content (AvgIpc) is 2.43. The lowest BCUT2D eigenvalue weighted by Gasteiger charge is -2.00. The molecule has 1 nitrogen and oxygen atoms in total. The van der Waals surface area contributed by atoms with Gasteiger partial charge in [0.2, 0.25) is 0 Å². The number of fused-ring (bicyclic) bond motifs is 1. The molecule has 2 rings (SSSR count). The van der Waals surface area contributed by atoms with E-state index in [1.165, 1.54) is 16.5 Å². The summed E-state index contributed by atoms with van der Waals surface area (Å²) in [5, 5.41) is 1.36. The van der Waals surface area contributed by atoms with Crippen molar-refractivity contribution >= 4 is 26.8 Å². The highest BCUT2D eigenvalue weighted by molar-refractivity contribution is 9.10. The van der Waals surface area contributed by atoms with E-state index in [-0.39, 0.29) is 0 Å². The Morgan fingerprint density at radius 1 is 1.38 bits per heavy atom. The second kappa shape index (κ2) is 3.18. The van der Waals surface area contributed by atoms with Crippen molar-refractivity contribution in [2.45, 2.75) is 13.3 Å². The maximum Gasteiger partial charge on any atom is 0.0854 e. The molecule has 68 valence electrons. The summed E-state index contributed by atoms with van der Waals surface area (Å²) in [4.78, 5) is 0. The van der Waals surface area contributed by atoms with Crippen LogP contribution in [0, 0.1) is 0 Å². The topological polar surface area (TPSA) is 4.93 Å². The van der Waals surface area contributed by atoms with Crippen molar-refractivity contribution in [2.75, 3.05) is 0 Å². The van der Waals surface area contributed by atoms with Gasteiger partial charge in [-0.15, -0.1) is 0 Å². The lowest BCUT2D eigenvalue weighted by Crippen LogP contribution is -1.87. The SMILES string of the molecule is CCc1cccc2c1cc(Br)n2C. The molecule has 1 heterocycles. The van der Waals surface area contributed by atoms with Crippen LogP contribution >= 0.6 is 15.9 Å². The zero-order valence-electron chi connectivity index (χ0n) is 7.84. The molecule has 0 bridgehead atoms. The molecule has 0 amide bonds. The summed E-state index contributed by atoms with van der Waals surface area (Å²) in [6, 6.07) is 8.65. The molecule has 0 aliphatic rings. The van der Waals surface area contributed by atoms with Gasteiger partial charge >= 0.3 is 0 Å². The number of hydrogen-bond donors (Lipinski definition) is 0. The molecule has 13 heavy (non-hydrogen) atoms. The van der Waals surface area contributed by atoms with E-state index >= 15 is 0 Å². The number of rotatable bonds is 1. The maximum atomic E-state index is 3.53. The quantitative estimate of drug-likeness (QED) is 0.716. The number of aryl methyl sites for hydroxylation is 2. The smallest absolute Gasteiger partial charge is 0.0854 e. The molecular formula is C11H12BrN. The molecule has 2 aromatic rings. The fraction of sp³-hybridized carbons (Fsp3) is 0.273. The van der Waals surface area contributed by atoms with Gasteiger partial charge in [0.25, 0.3) is 0 Å². The van der Waals surface area contributed by atoms with Gasteiger partial charge in [-0.05, 0) is 40.0 Å². The Kier molecular flexibility index (Phi) is 2.16. The molecule has 0 fully saturated rings. The summed E-state index contributed by atoms with van der Waals surface area (Å²) in [6.45, 7) is 2.19. The van der Waals surface area contributed by atoms with E-state index in [0.717, 1.165) is 11.0 Å². The number of benzene rings is 1. The molecule has 0 radical (unpaired) electrons.